The molecule has 124 valence electrons. The van der Waals surface area contributed by atoms with E-state index in [1.165, 1.54) is 0 Å². The van der Waals surface area contributed by atoms with Crippen molar-refractivity contribution < 1.29 is 9.90 Å². The fourth-order valence-electron chi connectivity index (χ4n) is 2.71. The molecular weight excluding hydrogens is 322 g/mol. The molecule has 0 aliphatic heterocycles. The number of carboxylic acid groups (broad SMARTS) is 1. The van der Waals surface area contributed by atoms with E-state index in [4.69, 9.17) is 5.11 Å². The van der Waals surface area contributed by atoms with E-state index < -0.39 is 17.1 Å². The fourth-order valence-corrected chi connectivity index (χ4v) is 2.71. The molecule has 2 heterocycles. The fraction of sp³-hybridized carbons (Fsp3) is 0.0588. The molecule has 0 unspecified atom stereocenters. The molecule has 0 aliphatic carbocycles. The van der Waals surface area contributed by atoms with Crippen LogP contribution in [0.4, 0.5) is 5.95 Å². The van der Waals surface area contributed by atoms with Gasteiger partial charge in [-0.15, -0.1) is 5.10 Å². The van der Waals surface area contributed by atoms with Crippen LogP contribution in [0.1, 0.15) is 15.9 Å². The van der Waals surface area contributed by atoms with E-state index in [2.05, 4.69) is 20.4 Å². The van der Waals surface area contributed by atoms with E-state index in [9.17, 15) is 9.59 Å². The highest BCUT2D eigenvalue weighted by atomic mass is 16.4. The van der Waals surface area contributed by atoms with Gasteiger partial charge in [0, 0.05) is 12.7 Å². The highest BCUT2D eigenvalue weighted by Crippen LogP contribution is 2.19. The Morgan fingerprint density at radius 3 is 2.84 bits per heavy atom. The first-order valence-corrected chi connectivity index (χ1v) is 7.56. The van der Waals surface area contributed by atoms with Crippen molar-refractivity contribution in [2.24, 2.45) is 0 Å². The van der Waals surface area contributed by atoms with Crippen LogP contribution in [0.25, 0.3) is 16.6 Å². The number of anilines is 1. The maximum atomic E-state index is 12.1. The van der Waals surface area contributed by atoms with Gasteiger partial charge >= 0.3 is 5.97 Å². The van der Waals surface area contributed by atoms with Crippen LogP contribution in [0.15, 0.2) is 53.5 Å². The Hall–Kier alpha value is -3.68. The lowest BCUT2D eigenvalue weighted by Crippen LogP contribution is -2.23. The molecule has 8 heteroatoms. The minimum atomic E-state index is -1.32. The van der Waals surface area contributed by atoms with E-state index in [0.717, 1.165) is 27.0 Å². The molecule has 0 bridgehead atoms. The summed E-state index contributed by atoms with van der Waals surface area (Å²) in [4.78, 5) is 29.9. The van der Waals surface area contributed by atoms with Crippen molar-refractivity contribution in [3.63, 3.8) is 0 Å². The number of carbonyl (C=O) groups is 1. The van der Waals surface area contributed by atoms with E-state index in [-0.39, 0.29) is 11.7 Å². The van der Waals surface area contributed by atoms with Crippen LogP contribution in [0.5, 0.6) is 0 Å². The molecule has 0 amide bonds. The number of aromatic carboxylic acids is 1. The number of H-pyrrole nitrogens is 1. The minimum Gasteiger partial charge on any atom is -0.477 e. The summed E-state index contributed by atoms with van der Waals surface area (Å²) in [5.74, 6) is -0.900. The van der Waals surface area contributed by atoms with Gasteiger partial charge in [-0.05, 0) is 16.3 Å². The third-order valence-corrected chi connectivity index (χ3v) is 3.92. The third kappa shape index (κ3) is 2.59. The first kappa shape index (κ1) is 14.9. The Morgan fingerprint density at radius 2 is 2.00 bits per heavy atom. The molecule has 8 nitrogen and oxygen atoms in total. The molecule has 0 atom stereocenters. The molecular formula is C17H13N5O3. The molecule has 0 saturated carbocycles. The minimum absolute atomic E-state index is 0.176. The summed E-state index contributed by atoms with van der Waals surface area (Å²) >= 11 is 0. The quantitative estimate of drug-likeness (QED) is 0.525. The normalized spacial score (nSPS) is 11.0. The zero-order valence-corrected chi connectivity index (χ0v) is 12.9. The molecule has 0 radical (unpaired) electrons. The first-order chi connectivity index (χ1) is 12.1. The van der Waals surface area contributed by atoms with Crippen LogP contribution < -0.4 is 10.9 Å². The molecule has 0 saturated heterocycles. The van der Waals surface area contributed by atoms with Gasteiger partial charge in [-0.3, -0.25) is 4.79 Å². The van der Waals surface area contributed by atoms with Crippen molar-refractivity contribution in [1.82, 2.24) is 19.6 Å². The zero-order valence-electron chi connectivity index (χ0n) is 12.9. The van der Waals surface area contributed by atoms with Crippen molar-refractivity contribution in [3.8, 4) is 0 Å². The third-order valence-electron chi connectivity index (χ3n) is 3.92. The number of nitrogens with zero attached hydrogens (tertiary/aromatic N) is 3. The Labute approximate surface area is 140 Å². The van der Waals surface area contributed by atoms with E-state index in [0.29, 0.717) is 6.54 Å². The summed E-state index contributed by atoms with van der Waals surface area (Å²) < 4.78 is 0.939. The van der Waals surface area contributed by atoms with Crippen LogP contribution in [-0.4, -0.2) is 30.7 Å². The number of benzene rings is 2. The van der Waals surface area contributed by atoms with Crippen molar-refractivity contribution in [2.75, 3.05) is 5.32 Å². The number of hydrogen-bond acceptors (Lipinski definition) is 5. The predicted molar refractivity (Wildman–Crippen MR) is 91.8 cm³/mol. The van der Waals surface area contributed by atoms with Gasteiger partial charge in [0.05, 0.1) is 0 Å². The highest BCUT2D eigenvalue weighted by molar-refractivity contribution is 5.87. The number of aromatic amines is 1. The van der Waals surface area contributed by atoms with Gasteiger partial charge in [-0.25, -0.2) is 4.79 Å². The molecule has 2 aromatic carbocycles. The van der Waals surface area contributed by atoms with E-state index >= 15 is 0 Å². The Bertz CT molecular complexity index is 1160. The second-order valence-electron chi connectivity index (χ2n) is 5.48. The summed E-state index contributed by atoms with van der Waals surface area (Å²) in [5, 5.41) is 18.3. The topological polar surface area (TPSA) is 112 Å². The summed E-state index contributed by atoms with van der Waals surface area (Å²) in [6.07, 6.45) is 1.11. The zero-order chi connectivity index (χ0) is 17.4. The van der Waals surface area contributed by atoms with Gasteiger partial charge in [0.25, 0.3) is 5.56 Å². The lowest BCUT2D eigenvalue weighted by molar-refractivity contribution is 0.0694. The van der Waals surface area contributed by atoms with Crippen molar-refractivity contribution in [3.05, 3.63) is 70.1 Å². The van der Waals surface area contributed by atoms with Gasteiger partial charge in [0.15, 0.2) is 0 Å². The van der Waals surface area contributed by atoms with Gasteiger partial charge in [0.2, 0.25) is 11.7 Å². The second-order valence-corrected chi connectivity index (χ2v) is 5.48. The summed E-state index contributed by atoms with van der Waals surface area (Å²) in [5.41, 5.74) is -0.0560. The largest absolute Gasteiger partial charge is 0.477 e. The van der Waals surface area contributed by atoms with Crippen molar-refractivity contribution in [1.29, 1.82) is 0 Å². The average molecular weight is 335 g/mol. The van der Waals surface area contributed by atoms with Gasteiger partial charge in [0.1, 0.15) is 5.56 Å². The summed E-state index contributed by atoms with van der Waals surface area (Å²) in [7, 11) is 0. The molecule has 25 heavy (non-hydrogen) atoms. The highest BCUT2D eigenvalue weighted by Gasteiger charge is 2.14. The van der Waals surface area contributed by atoms with E-state index in [1.54, 1.807) is 0 Å². The van der Waals surface area contributed by atoms with Gasteiger partial charge in [-0.2, -0.15) is 9.50 Å². The lowest BCUT2D eigenvalue weighted by atomic mass is 10.0. The second kappa shape index (κ2) is 5.75. The molecule has 0 spiro atoms. The maximum absolute atomic E-state index is 12.1. The summed E-state index contributed by atoms with van der Waals surface area (Å²) in [6, 6.07) is 14.0. The average Bonchev–Trinajstić information content (AvgIpc) is 3.04. The van der Waals surface area contributed by atoms with Crippen LogP contribution in [0, 0.1) is 0 Å². The van der Waals surface area contributed by atoms with E-state index in [1.807, 2.05) is 42.5 Å². The number of carboxylic acids is 1. The lowest BCUT2D eigenvalue weighted by Gasteiger charge is -2.06. The Morgan fingerprint density at radius 1 is 1.20 bits per heavy atom. The van der Waals surface area contributed by atoms with Crippen molar-refractivity contribution >= 4 is 28.5 Å². The number of aromatic nitrogens is 4. The SMILES string of the molecule is O=C(O)c1c[nH]c2nc(NCc3cccc4ccccc34)nn2c1=O. The standard InChI is InChI=1S/C17H13N5O3/c23-14-13(15(24)25)9-19-17-20-16(21-22(14)17)18-8-11-6-3-5-10-4-1-2-7-12(10)11/h1-7,9H,8H2,(H,24,25)(H2,18,19,20,21). The molecule has 4 aromatic rings. The number of hydrogen-bond donors (Lipinski definition) is 3. The van der Waals surface area contributed by atoms with Gasteiger partial charge < -0.3 is 15.4 Å². The monoisotopic (exact) mass is 335 g/mol. The van der Waals surface area contributed by atoms with Crippen LogP contribution in [-0.2, 0) is 6.54 Å². The smallest absolute Gasteiger partial charge is 0.342 e. The molecule has 3 N–H and O–H groups in total. The number of fused-ring (bicyclic) bond motifs is 2. The predicted octanol–water partition coefficient (Wildman–Crippen LogP) is 1.88. The molecule has 4 rings (SSSR count). The Balaban J connectivity index is 1.66. The van der Waals surface area contributed by atoms with Crippen LogP contribution >= 0.6 is 0 Å². The molecule has 0 fully saturated rings. The number of rotatable bonds is 4. The maximum Gasteiger partial charge on any atom is 0.342 e. The molecule has 0 aliphatic rings. The number of nitrogens with one attached hydrogen (secondary N) is 2. The van der Waals surface area contributed by atoms with Crippen molar-refractivity contribution in [2.45, 2.75) is 6.54 Å². The summed E-state index contributed by atoms with van der Waals surface area (Å²) in [6.45, 7) is 0.470. The first-order valence-electron chi connectivity index (χ1n) is 7.56. The van der Waals surface area contributed by atoms with Crippen LogP contribution in [0.2, 0.25) is 0 Å². The Kier molecular flexibility index (Phi) is 3.42. The molecule has 2 aromatic heterocycles. The van der Waals surface area contributed by atoms with Crippen LogP contribution in [0.3, 0.4) is 0 Å². The van der Waals surface area contributed by atoms with Gasteiger partial charge in [-0.1, -0.05) is 42.5 Å².